The van der Waals surface area contributed by atoms with Gasteiger partial charge in [0, 0.05) is 35.1 Å². The van der Waals surface area contributed by atoms with Crippen molar-refractivity contribution in [3.8, 4) is 0 Å². The van der Waals surface area contributed by atoms with Crippen LogP contribution in [0, 0.1) is 0 Å². The Morgan fingerprint density at radius 2 is 1.72 bits per heavy atom. The van der Waals surface area contributed by atoms with E-state index in [0.717, 1.165) is 33.9 Å². The van der Waals surface area contributed by atoms with Crippen LogP contribution in [0.5, 0.6) is 0 Å². The maximum Gasteiger partial charge on any atom is 0.124 e. The molecular formula is C21H30N4. The molecule has 0 spiro atoms. The molecule has 0 heterocycles. The van der Waals surface area contributed by atoms with Gasteiger partial charge in [0.2, 0.25) is 0 Å². The summed E-state index contributed by atoms with van der Waals surface area (Å²) in [6.45, 7) is 18.0. The second kappa shape index (κ2) is 9.11. The Kier molecular flexibility index (Phi) is 7.49. The van der Waals surface area contributed by atoms with Crippen LogP contribution in [0.1, 0.15) is 54.0 Å². The van der Waals surface area contributed by atoms with Gasteiger partial charge in [-0.1, -0.05) is 24.8 Å². The van der Waals surface area contributed by atoms with E-state index in [1.807, 2.05) is 72.7 Å². The fraction of sp³-hybridized carbons (Fsp3) is 0.381. The maximum atomic E-state index is 4.86. The van der Waals surface area contributed by atoms with Crippen LogP contribution in [0.2, 0.25) is 0 Å². The topological polar surface area (TPSA) is 49.1 Å². The second-order valence-corrected chi connectivity index (χ2v) is 6.36. The summed E-state index contributed by atoms with van der Waals surface area (Å²) >= 11 is 0. The molecule has 0 aliphatic rings. The van der Waals surface area contributed by atoms with E-state index in [4.69, 9.17) is 4.99 Å². The summed E-state index contributed by atoms with van der Waals surface area (Å²) in [5.74, 6) is 0. The Balaban J connectivity index is 3.09. The minimum atomic E-state index is -0.498. The monoisotopic (exact) mass is 338 g/mol. The summed E-state index contributed by atoms with van der Waals surface area (Å²) < 4.78 is 0. The van der Waals surface area contributed by atoms with E-state index < -0.39 is 5.66 Å². The first kappa shape index (κ1) is 20.6. The average Bonchev–Trinajstić information content (AvgIpc) is 2.54. The highest BCUT2D eigenvalue weighted by molar-refractivity contribution is 6.03. The van der Waals surface area contributed by atoms with Crippen LogP contribution in [0.4, 0.5) is 5.69 Å². The van der Waals surface area contributed by atoms with Crippen LogP contribution < -0.4 is 5.32 Å². The highest BCUT2D eigenvalue weighted by Crippen LogP contribution is 2.22. The van der Waals surface area contributed by atoms with Gasteiger partial charge in [-0.15, -0.1) is 0 Å². The van der Waals surface area contributed by atoms with Crippen molar-refractivity contribution in [3.05, 3.63) is 53.4 Å². The molecule has 1 aromatic rings. The van der Waals surface area contributed by atoms with Gasteiger partial charge in [0.1, 0.15) is 5.66 Å². The van der Waals surface area contributed by atoms with Crippen molar-refractivity contribution >= 4 is 23.8 Å². The number of hydrogen-bond donors (Lipinski definition) is 1. The van der Waals surface area contributed by atoms with Crippen molar-refractivity contribution < 1.29 is 0 Å². The molecule has 1 rings (SSSR count). The van der Waals surface area contributed by atoms with Gasteiger partial charge in [-0.05, 0) is 60.1 Å². The number of allylic oxidation sites excluding steroid dienone is 2. The normalized spacial score (nSPS) is 14.1. The third-order valence-corrected chi connectivity index (χ3v) is 3.78. The molecule has 0 amide bonds. The third kappa shape index (κ3) is 6.14. The van der Waals surface area contributed by atoms with E-state index >= 15 is 0 Å². The first-order valence-corrected chi connectivity index (χ1v) is 8.50. The van der Waals surface area contributed by atoms with Gasteiger partial charge >= 0.3 is 0 Å². The smallest absolute Gasteiger partial charge is 0.124 e. The molecule has 0 radical (unpaired) electrons. The summed E-state index contributed by atoms with van der Waals surface area (Å²) in [6, 6.07) is 8.01. The van der Waals surface area contributed by atoms with E-state index in [1.165, 1.54) is 0 Å². The zero-order valence-corrected chi connectivity index (χ0v) is 16.5. The number of aliphatic imine (C=N–C) groups is 3. The van der Waals surface area contributed by atoms with Crippen molar-refractivity contribution in [2.45, 2.75) is 54.1 Å². The molecule has 0 aromatic heterocycles. The Morgan fingerprint density at radius 3 is 2.32 bits per heavy atom. The fourth-order valence-corrected chi connectivity index (χ4v) is 2.51. The molecule has 0 aliphatic carbocycles. The summed E-state index contributed by atoms with van der Waals surface area (Å²) in [6.07, 6.45) is 3.58. The molecule has 25 heavy (non-hydrogen) atoms. The predicted octanol–water partition coefficient (Wildman–Crippen LogP) is 5.44. The maximum absolute atomic E-state index is 4.86. The lowest BCUT2D eigenvalue weighted by molar-refractivity contribution is 0.454. The molecule has 4 heteroatoms. The largest absolute Gasteiger partial charge is 0.362 e. The predicted molar refractivity (Wildman–Crippen MR) is 111 cm³/mol. The van der Waals surface area contributed by atoms with Crippen molar-refractivity contribution in [1.29, 1.82) is 0 Å². The lowest BCUT2D eigenvalue weighted by Gasteiger charge is -2.26. The summed E-state index contributed by atoms with van der Waals surface area (Å²) in [7, 11) is 0. The van der Waals surface area contributed by atoms with Crippen LogP contribution in [0.3, 0.4) is 0 Å². The van der Waals surface area contributed by atoms with Gasteiger partial charge in [0.05, 0.1) is 5.69 Å². The van der Waals surface area contributed by atoms with Crippen LogP contribution >= 0.6 is 0 Å². The minimum absolute atomic E-state index is 0.498. The standard InChI is InChI=1S/C21H30N4/c1-9-22-16(4)15(3)17(5)24-21(7,8)25-18(6)19-13-11-12-14-20(19)23-10-2/h9-14,24H,5H2,1-4,6-8H3/b16-15-,22-9+,23-10+,25-18-. The van der Waals surface area contributed by atoms with E-state index in [1.54, 1.807) is 12.4 Å². The number of nitrogens with zero attached hydrogens (tertiary/aromatic N) is 3. The summed E-state index contributed by atoms with van der Waals surface area (Å²) in [5.41, 5.74) is 5.17. The van der Waals surface area contributed by atoms with E-state index in [0.29, 0.717) is 0 Å². The third-order valence-electron chi connectivity index (χ3n) is 3.78. The van der Waals surface area contributed by atoms with Crippen molar-refractivity contribution in [1.82, 2.24) is 5.32 Å². The van der Waals surface area contributed by atoms with Crippen molar-refractivity contribution in [3.63, 3.8) is 0 Å². The molecule has 0 bridgehead atoms. The molecule has 0 aliphatic heterocycles. The highest BCUT2D eigenvalue weighted by Gasteiger charge is 2.18. The Labute approximate surface area is 152 Å². The van der Waals surface area contributed by atoms with Gasteiger partial charge in [-0.2, -0.15) is 0 Å². The van der Waals surface area contributed by atoms with Gasteiger partial charge in [0.15, 0.2) is 0 Å². The van der Waals surface area contributed by atoms with Gasteiger partial charge in [-0.3, -0.25) is 15.0 Å². The minimum Gasteiger partial charge on any atom is -0.362 e. The molecule has 1 N–H and O–H groups in total. The number of benzene rings is 1. The SMILES string of the molecule is C=C(NC(C)(C)/N=C(/C)c1ccccc1/N=C/C)/C(C)=C(C)\N=C\C. The quantitative estimate of drug-likeness (QED) is 0.522. The Bertz CT molecular complexity index is 734. The molecule has 0 fully saturated rings. The van der Waals surface area contributed by atoms with Crippen LogP contribution in [-0.2, 0) is 0 Å². The summed E-state index contributed by atoms with van der Waals surface area (Å²) in [5, 5.41) is 3.40. The van der Waals surface area contributed by atoms with Gasteiger partial charge < -0.3 is 5.32 Å². The van der Waals surface area contributed by atoms with E-state index in [9.17, 15) is 0 Å². The van der Waals surface area contributed by atoms with Gasteiger partial charge in [0.25, 0.3) is 0 Å². The lowest BCUT2D eigenvalue weighted by atomic mass is 10.1. The van der Waals surface area contributed by atoms with Crippen molar-refractivity contribution in [2.75, 3.05) is 0 Å². The van der Waals surface area contributed by atoms with Crippen LogP contribution in [-0.4, -0.2) is 23.8 Å². The van der Waals surface area contributed by atoms with Crippen LogP contribution in [0.15, 0.2) is 62.8 Å². The number of rotatable bonds is 7. The van der Waals surface area contributed by atoms with Crippen LogP contribution in [0.25, 0.3) is 0 Å². The van der Waals surface area contributed by atoms with Crippen molar-refractivity contribution in [2.24, 2.45) is 15.0 Å². The van der Waals surface area contributed by atoms with E-state index in [-0.39, 0.29) is 0 Å². The zero-order chi connectivity index (χ0) is 19.0. The molecule has 0 saturated carbocycles. The molecule has 1 aromatic carbocycles. The zero-order valence-electron chi connectivity index (χ0n) is 16.5. The lowest BCUT2D eigenvalue weighted by Crippen LogP contribution is -2.37. The number of para-hydroxylation sites is 1. The van der Waals surface area contributed by atoms with E-state index in [2.05, 4.69) is 21.9 Å². The average molecular weight is 338 g/mol. The second-order valence-electron chi connectivity index (χ2n) is 6.36. The molecule has 4 nitrogen and oxygen atoms in total. The first-order chi connectivity index (χ1) is 11.7. The number of nitrogens with one attached hydrogen (secondary N) is 1. The highest BCUT2D eigenvalue weighted by atomic mass is 15.1. The van der Waals surface area contributed by atoms with Gasteiger partial charge in [-0.25, -0.2) is 0 Å². The summed E-state index contributed by atoms with van der Waals surface area (Å²) in [4.78, 5) is 13.6. The molecule has 0 atom stereocenters. The number of hydrogen-bond acceptors (Lipinski definition) is 4. The Hall–Kier alpha value is -2.49. The fourth-order valence-electron chi connectivity index (χ4n) is 2.51. The molecule has 0 saturated heterocycles. The molecule has 0 unspecified atom stereocenters. The first-order valence-electron chi connectivity index (χ1n) is 8.50. The Morgan fingerprint density at radius 1 is 1.08 bits per heavy atom. The molecule has 134 valence electrons. The molecular weight excluding hydrogens is 308 g/mol.